The first-order chi connectivity index (χ1) is 15.1. The Bertz CT molecular complexity index is 845. The highest BCUT2D eigenvalue weighted by molar-refractivity contribution is 7.99. The predicted octanol–water partition coefficient (Wildman–Crippen LogP) is 5.12. The standard InChI is InChI=1S/C25H36N2O3S/c1-3-14-31-15-13-27-12-10-19(21(18-27)16-25(28)29)5-4-6-20-9-11-26-24-8-7-22(30-2)17-23(20)24/h7-9,11,17,19,21H,3-6,10,12-16,18H2,1-2H3,(H,28,29)/t19-,21+/m1/s1. The van der Waals surface area contributed by atoms with E-state index in [1.54, 1.807) is 7.11 Å². The van der Waals surface area contributed by atoms with E-state index in [0.717, 1.165) is 67.7 Å². The van der Waals surface area contributed by atoms with Gasteiger partial charge in [0.15, 0.2) is 0 Å². The lowest BCUT2D eigenvalue weighted by molar-refractivity contribution is -0.139. The number of likely N-dealkylation sites (tertiary alicyclic amines) is 1. The average molecular weight is 445 g/mol. The van der Waals surface area contributed by atoms with Gasteiger partial charge in [0, 0.05) is 36.8 Å². The molecule has 2 atom stereocenters. The molecule has 3 rings (SSSR count). The Labute approximate surface area is 190 Å². The summed E-state index contributed by atoms with van der Waals surface area (Å²) in [4.78, 5) is 18.4. The summed E-state index contributed by atoms with van der Waals surface area (Å²) in [5.74, 6) is 3.31. The Morgan fingerprint density at radius 2 is 2.16 bits per heavy atom. The van der Waals surface area contributed by atoms with Crippen LogP contribution in [0.15, 0.2) is 30.5 Å². The van der Waals surface area contributed by atoms with Gasteiger partial charge in [-0.1, -0.05) is 6.92 Å². The van der Waals surface area contributed by atoms with Gasteiger partial charge < -0.3 is 14.7 Å². The van der Waals surface area contributed by atoms with E-state index in [1.807, 2.05) is 30.1 Å². The lowest BCUT2D eigenvalue weighted by Gasteiger charge is -2.38. The van der Waals surface area contributed by atoms with Crippen molar-refractivity contribution in [2.75, 3.05) is 38.2 Å². The third kappa shape index (κ3) is 7.11. The van der Waals surface area contributed by atoms with Gasteiger partial charge in [0.1, 0.15) is 5.75 Å². The number of ether oxygens (including phenoxy) is 1. The first-order valence-electron chi connectivity index (χ1n) is 11.5. The number of aromatic nitrogens is 1. The third-order valence-corrected chi connectivity index (χ3v) is 7.54. The summed E-state index contributed by atoms with van der Waals surface area (Å²) in [5, 5.41) is 10.6. The molecule has 0 bridgehead atoms. The van der Waals surface area contributed by atoms with Crippen molar-refractivity contribution in [2.24, 2.45) is 11.8 Å². The van der Waals surface area contributed by atoms with E-state index in [9.17, 15) is 9.90 Å². The Balaban J connectivity index is 1.56. The van der Waals surface area contributed by atoms with Crippen molar-refractivity contribution in [3.63, 3.8) is 0 Å². The van der Waals surface area contributed by atoms with Crippen LogP contribution in [0.4, 0.5) is 0 Å². The van der Waals surface area contributed by atoms with Gasteiger partial charge in [0.25, 0.3) is 0 Å². The summed E-state index contributed by atoms with van der Waals surface area (Å²) in [6.07, 6.45) is 7.65. The largest absolute Gasteiger partial charge is 0.497 e. The van der Waals surface area contributed by atoms with Crippen LogP contribution in [0.25, 0.3) is 10.9 Å². The first-order valence-corrected chi connectivity index (χ1v) is 12.7. The number of aryl methyl sites for hydroxylation is 1. The molecule has 2 heterocycles. The van der Waals surface area contributed by atoms with Gasteiger partial charge in [-0.3, -0.25) is 9.78 Å². The first kappa shape index (κ1) is 23.9. The molecule has 1 saturated heterocycles. The second kappa shape index (κ2) is 12.3. The zero-order valence-corrected chi connectivity index (χ0v) is 19.7. The highest BCUT2D eigenvalue weighted by Crippen LogP contribution is 2.31. The normalized spacial score (nSPS) is 19.5. The zero-order chi connectivity index (χ0) is 22.1. The Morgan fingerprint density at radius 3 is 2.94 bits per heavy atom. The van der Waals surface area contributed by atoms with Crippen molar-refractivity contribution in [1.29, 1.82) is 0 Å². The summed E-state index contributed by atoms with van der Waals surface area (Å²) >= 11 is 2.01. The van der Waals surface area contributed by atoms with E-state index in [4.69, 9.17) is 4.74 Å². The lowest BCUT2D eigenvalue weighted by Crippen LogP contribution is -2.42. The predicted molar refractivity (Wildman–Crippen MR) is 129 cm³/mol. The van der Waals surface area contributed by atoms with Crippen LogP contribution in [0.1, 0.15) is 44.6 Å². The number of fused-ring (bicyclic) bond motifs is 1. The fraction of sp³-hybridized carbons (Fsp3) is 0.600. The number of benzene rings is 1. The van der Waals surface area contributed by atoms with Crippen molar-refractivity contribution in [1.82, 2.24) is 9.88 Å². The maximum Gasteiger partial charge on any atom is 0.303 e. The summed E-state index contributed by atoms with van der Waals surface area (Å²) < 4.78 is 5.39. The molecule has 0 radical (unpaired) electrons. The maximum absolute atomic E-state index is 11.5. The number of piperidine rings is 1. The van der Waals surface area contributed by atoms with Crippen molar-refractivity contribution in [3.8, 4) is 5.75 Å². The number of hydrogen-bond donors (Lipinski definition) is 1. The van der Waals surface area contributed by atoms with Gasteiger partial charge in [0.05, 0.1) is 12.6 Å². The molecule has 0 aliphatic carbocycles. The number of carboxylic acids is 1. The molecule has 1 aliphatic rings. The Hall–Kier alpha value is -1.79. The van der Waals surface area contributed by atoms with Crippen LogP contribution in [-0.4, -0.2) is 59.2 Å². The molecule has 170 valence electrons. The quantitative estimate of drug-likeness (QED) is 0.458. The number of nitrogens with zero attached hydrogens (tertiary/aromatic N) is 2. The number of pyridine rings is 1. The minimum atomic E-state index is -0.663. The number of methoxy groups -OCH3 is 1. The number of hydrogen-bond acceptors (Lipinski definition) is 5. The summed E-state index contributed by atoms with van der Waals surface area (Å²) in [6, 6.07) is 8.13. The fourth-order valence-corrected chi connectivity index (χ4v) is 5.60. The van der Waals surface area contributed by atoms with Crippen LogP contribution in [0.2, 0.25) is 0 Å². The fourth-order valence-electron chi connectivity index (χ4n) is 4.72. The van der Waals surface area contributed by atoms with E-state index >= 15 is 0 Å². The van der Waals surface area contributed by atoms with Crippen LogP contribution in [0, 0.1) is 11.8 Å². The molecular formula is C25H36N2O3S. The second-order valence-corrected chi connectivity index (χ2v) is 9.79. The molecule has 0 spiro atoms. The minimum absolute atomic E-state index is 0.261. The van der Waals surface area contributed by atoms with Gasteiger partial charge in [0.2, 0.25) is 0 Å². The molecule has 1 N–H and O–H groups in total. The summed E-state index contributed by atoms with van der Waals surface area (Å²) in [7, 11) is 1.69. The number of aliphatic carboxylic acids is 1. The van der Waals surface area contributed by atoms with E-state index in [0.29, 0.717) is 12.3 Å². The van der Waals surface area contributed by atoms with Crippen LogP contribution in [0.5, 0.6) is 5.75 Å². The monoisotopic (exact) mass is 444 g/mol. The van der Waals surface area contributed by atoms with Gasteiger partial charge in [-0.25, -0.2) is 0 Å². The summed E-state index contributed by atoms with van der Waals surface area (Å²) in [5.41, 5.74) is 2.29. The van der Waals surface area contributed by atoms with Gasteiger partial charge in [-0.2, -0.15) is 11.8 Å². The minimum Gasteiger partial charge on any atom is -0.497 e. The molecule has 31 heavy (non-hydrogen) atoms. The maximum atomic E-state index is 11.5. The third-order valence-electron chi connectivity index (χ3n) is 6.37. The zero-order valence-electron chi connectivity index (χ0n) is 18.9. The molecule has 0 unspecified atom stereocenters. The van der Waals surface area contributed by atoms with Crippen LogP contribution >= 0.6 is 11.8 Å². The highest BCUT2D eigenvalue weighted by atomic mass is 32.2. The molecule has 2 aromatic rings. The molecular weight excluding hydrogens is 408 g/mol. The SMILES string of the molecule is CCCSCCN1CC[C@@H](CCCc2ccnc3ccc(OC)cc23)[C@@H](CC(=O)O)C1. The van der Waals surface area contributed by atoms with E-state index in [-0.39, 0.29) is 5.92 Å². The van der Waals surface area contributed by atoms with Gasteiger partial charge in [-0.05, 0) is 86.1 Å². The summed E-state index contributed by atoms with van der Waals surface area (Å²) in [6.45, 7) is 5.33. The molecule has 1 aliphatic heterocycles. The highest BCUT2D eigenvalue weighted by Gasteiger charge is 2.30. The number of thioether (sulfide) groups is 1. The van der Waals surface area contributed by atoms with Crippen molar-refractivity contribution in [2.45, 2.75) is 45.4 Å². The Morgan fingerprint density at radius 1 is 1.29 bits per heavy atom. The molecule has 0 amide bonds. The van der Waals surface area contributed by atoms with E-state index in [2.05, 4.69) is 28.9 Å². The van der Waals surface area contributed by atoms with Crippen LogP contribution in [-0.2, 0) is 11.2 Å². The van der Waals surface area contributed by atoms with Gasteiger partial charge >= 0.3 is 5.97 Å². The van der Waals surface area contributed by atoms with Crippen LogP contribution < -0.4 is 4.74 Å². The number of carbonyl (C=O) groups is 1. The number of carboxylic acid groups (broad SMARTS) is 1. The lowest BCUT2D eigenvalue weighted by atomic mass is 9.80. The second-order valence-electron chi connectivity index (χ2n) is 8.57. The molecule has 6 heteroatoms. The van der Waals surface area contributed by atoms with Crippen molar-refractivity contribution in [3.05, 3.63) is 36.0 Å². The topological polar surface area (TPSA) is 62.7 Å². The molecule has 1 fully saturated rings. The Kier molecular flexibility index (Phi) is 9.47. The van der Waals surface area contributed by atoms with Gasteiger partial charge in [-0.15, -0.1) is 0 Å². The van der Waals surface area contributed by atoms with E-state index < -0.39 is 5.97 Å². The smallest absolute Gasteiger partial charge is 0.303 e. The average Bonchev–Trinajstić information content (AvgIpc) is 2.77. The van der Waals surface area contributed by atoms with Crippen LogP contribution in [0.3, 0.4) is 0 Å². The molecule has 0 saturated carbocycles. The number of rotatable bonds is 12. The molecule has 1 aromatic carbocycles. The molecule has 5 nitrogen and oxygen atoms in total. The van der Waals surface area contributed by atoms with E-state index in [1.165, 1.54) is 17.7 Å². The van der Waals surface area contributed by atoms with Crippen molar-refractivity contribution >= 4 is 28.6 Å². The molecule has 1 aromatic heterocycles. The van der Waals surface area contributed by atoms with Crippen molar-refractivity contribution < 1.29 is 14.6 Å².